The molecule has 0 atom stereocenters. The van der Waals surface area contributed by atoms with Gasteiger partial charge in [0.25, 0.3) is 0 Å². The monoisotopic (exact) mass is 204 g/mol. The molecule has 1 aliphatic rings. The van der Waals surface area contributed by atoms with E-state index in [-0.39, 0.29) is 17.7 Å². The van der Waals surface area contributed by atoms with Crippen LogP contribution < -0.4 is 5.32 Å². The molecule has 4 nitrogen and oxygen atoms in total. The number of carbonyl (C=O) groups excluding carboxylic acids is 2. The molecule has 0 unspecified atom stereocenters. The van der Waals surface area contributed by atoms with Gasteiger partial charge in [0.15, 0.2) is 0 Å². The average molecular weight is 205 g/mol. The van der Waals surface area contributed by atoms with Crippen molar-refractivity contribution < 1.29 is 9.59 Å². The molecule has 1 fully saturated rings. The van der Waals surface area contributed by atoms with E-state index in [4.69, 9.17) is 11.6 Å². The Labute approximate surface area is 82.2 Å². The molecule has 0 radical (unpaired) electrons. The molecule has 1 saturated heterocycles. The molecule has 0 aliphatic carbocycles. The van der Waals surface area contributed by atoms with Crippen LogP contribution in [0.15, 0.2) is 0 Å². The summed E-state index contributed by atoms with van der Waals surface area (Å²) < 4.78 is 0. The second-order valence-corrected chi connectivity index (χ2v) is 3.76. The number of alkyl halides is 1. The van der Waals surface area contributed by atoms with Crippen LogP contribution in [0.1, 0.15) is 13.8 Å². The van der Waals surface area contributed by atoms with Crippen molar-refractivity contribution in [1.82, 2.24) is 10.2 Å². The van der Waals surface area contributed by atoms with Crippen molar-refractivity contribution in [3.05, 3.63) is 0 Å². The first kappa shape index (κ1) is 10.3. The maximum absolute atomic E-state index is 11.4. The van der Waals surface area contributed by atoms with Crippen LogP contribution in [0, 0.1) is 0 Å². The molecule has 5 heteroatoms. The Morgan fingerprint density at radius 1 is 1.69 bits per heavy atom. The van der Waals surface area contributed by atoms with Crippen LogP contribution in [-0.2, 0) is 9.59 Å². The van der Waals surface area contributed by atoms with E-state index in [1.54, 1.807) is 13.8 Å². The van der Waals surface area contributed by atoms with Gasteiger partial charge >= 0.3 is 0 Å². The summed E-state index contributed by atoms with van der Waals surface area (Å²) >= 11 is 5.44. The van der Waals surface area contributed by atoms with E-state index < -0.39 is 5.54 Å². The fraction of sp³-hybridized carbons (Fsp3) is 0.750. The number of rotatable bonds is 1. The van der Waals surface area contributed by atoms with Gasteiger partial charge in [-0.1, -0.05) is 0 Å². The number of nitrogens with zero attached hydrogens (tertiary/aromatic N) is 1. The molecule has 0 aromatic heterocycles. The molecule has 13 heavy (non-hydrogen) atoms. The Hall–Kier alpha value is -0.770. The molecule has 74 valence electrons. The molecule has 0 bridgehead atoms. The van der Waals surface area contributed by atoms with Gasteiger partial charge in [-0.05, 0) is 13.8 Å². The molecule has 2 amide bonds. The lowest BCUT2D eigenvalue weighted by Crippen LogP contribution is -2.63. The fourth-order valence-electron chi connectivity index (χ4n) is 1.41. The Bertz CT molecular complexity index is 240. The molecule has 1 heterocycles. The smallest absolute Gasteiger partial charge is 0.245 e. The highest BCUT2D eigenvalue weighted by Crippen LogP contribution is 2.17. The van der Waals surface area contributed by atoms with Gasteiger partial charge < -0.3 is 10.2 Å². The summed E-state index contributed by atoms with van der Waals surface area (Å²) in [5.74, 6) is -0.393. The molecule has 0 spiro atoms. The minimum Gasteiger partial charge on any atom is -0.352 e. The summed E-state index contributed by atoms with van der Waals surface area (Å²) in [6.45, 7) is 4.47. The van der Waals surface area contributed by atoms with E-state index in [0.29, 0.717) is 13.1 Å². The molecule has 0 aromatic carbocycles. The standard InChI is InChI=1S/C8H13ClN2O2/c1-8(2)7(13)10-3-4-11(8)6(12)5-9/h3-5H2,1-2H3,(H,10,13). The zero-order valence-electron chi connectivity index (χ0n) is 7.76. The van der Waals surface area contributed by atoms with E-state index >= 15 is 0 Å². The first-order chi connectivity index (χ1) is 6.00. The third kappa shape index (κ3) is 1.77. The van der Waals surface area contributed by atoms with Crippen molar-refractivity contribution in [3.8, 4) is 0 Å². The summed E-state index contributed by atoms with van der Waals surface area (Å²) in [6, 6.07) is 0. The van der Waals surface area contributed by atoms with Gasteiger partial charge in [-0.2, -0.15) is 0 Å². The van der Waals surface area contributed by atoms with E-state index in [9.17, 15) is 9.59 Å². The zero-order chi connectivity index (χ0) is 10.1. The lowest BCUT2D eigenvalue weighted by molar-refractivity contribution is -0.147. The number of halogens is 1. The van der Waals surface area contributed by atoms with Gasteiger partial charge in [0.1, 0.15) is 11.4 Å². The van der Waals surface area contributed by atoms with Crippen LogP contribution in [0.4, 0.5) is 0 Å². The molecule has 0 saturated carbocycles. The van der Waals surface area contributed by atoms with E-state index in [2.05, 4.69) is 5.32 Å². The Balaban J connectivity index is 2.83. The minimum atomic E-state index is -0.774. The highest BCUT2D eigenvalue weighted by atomic mass is 35.5. The van der Waals surface area contributed by atoms with Gasteiger partial charge in [-0.3, -0.25) is 9.59 Å². The first-order valence-electron chi connectivity index (χ1n) is 4.15. The molecular formula is C8H13ClN2O2. The third-order valence-corrected chi connectivity index (χ3v) is 2.50. The SMILES string of the molecule is CC1(C)C(=O)NCCN1C(=O)CCl. The molecular weight excluding hydrogens is 192 g/mol. The number of nitrogens with one attached hydrogen (secondary N) is 1. The van der Waals surface area contributed by atoms with Crippen LogP contribution in [0.2, 0.25) is 0 Å². The van der Waals surface area contributed by atoms with Crippen molar-refractivity contribution in [2.45, 2.75) is 19.4 Å². The van der Waals surface area contributed by atoms with Crippen LogP contribution >= 0.6 is 11.6 Å². The number of amides is 2. The topological polar surface area (TPSA) is 49.4 Å². The Morgan fingerprint density at radius 3 is 2.85 bits per heavy atom. The van der Waals surface area contributed by atoms with E-state index in [1.165, 1.54) is 4.90 Å². The lowest BCUT2D eigenvalue weighted by Gasteiger charge is -2.40. The molecule has 0 aromatic rings. The number of carbonyl (C=O) groups is 2. The highest BCUT2D eigenvalue weighted by Gasteiger charge is 2.39. The van der Waals surface area contributed by atoms with Gasteiger partial charge in [0.05, 0.1) is 0 Å². The van der Waals surface area contributed by atoms with Crippen molar-refractivity contribution in [1.29, 1.82) is 0 Å². The Morgan fingerprint density at radius 2 is 2.31 bits per heavy atom. The quantitative estimate of drug-likeness (QED) is 0.610. The van der Waals surface area contributed by atoms with E-state index in [1.807, 2.05) is 0 Å². The second kappa shape index (κ2) is 3.54. The predicted molar refractivity (Wildman–Crippen MR) is 49.5 cm³/mol. The molecule has 1 N–H and O–H groups in total. The van der Waals surface area contributed by atoms with E-state index in [0.717, 1.165) is 0 Å². The summed E-state index contributed by atoms with van der Waals surface area (Å²) in [6.07, 6.45) is 0. The molecule has 1 aliphatic heterocycles. The van der Waals surface area contributed by atoms with Crippen LogP contribution in [0.3, 0.4) is 0 Å². The predicted octanol–water partition coefficient (Wildman–Crippen LogP) is -0.0378. The van der Waals surface area contributed by atoms with Crippen molar-refractivity contribution in [3.63, 3.8) is 0 Å². The summed E-state index contributed by atoms with van der Waals surface area (Å²) in [5, 5.41) is 2.71. The molecule has 1 rings (SSSR count). The Kier molecular flexibility index (Phi) is 2.81. The fourth-order valence-corrected chi connectivity index (χ4v) is 1.55. The second-order valence-electron chi connectivity index (χ2n) is 3.49. The zero-order valence-corrected chi connectivity index (χ0v) is 8.52. The van der Waals surface area contributed by atoms with Crippen LogP contribution in [0.5, 0.6) is 0 Å². The average Bonchev–Trinajstić information content (AvgIpc) is 2.08. The van der Waals surface area contributed by atoms with Crippen molar-refractivity contribution in [2.75, 3.05) is 19.0 Å². The van der Waals surface area contributed by atoms with Crippen LogP contribution in [-0.4, -0.2) is 41.2 Å². The third-order valence-electron chi connectivity index (χ3n) is 2.27. The summed E-state index contributed by atoms with van der Waals surface area (Å²) in [7, 11) is 0. The summed E-state index contributed by atoms with van der Waals surface area (Å²) in [5.41, 5.74) is -0.774. The maximum Gasteiger partial charge on any atom is 0.245 e. The minimum absolute atomic E-state index is 0.0727. The summed E-state index contributed by atoms with van der Waals surface area (Å²) in [4.78, 5) is 24.3. The van der Waals surface area contributed by atoms with Crippen molar-refractivity contribution >= 4 is 23.4 Å². The van der Waals surface area contributed by atoms with Crippen LogP contribution in [0.25, 0.3) is 0 Å². The van der Waals surface area contributed by atoms with Gasteiger partial charge in [0, 0.05) is 13.1 Å². The van der Waals surface area contributed by atoms with Crippen molar-refractivity contribution in [2.24, 2.45) is 0 Å². The first-order valence-corrected chi connectivity index (χ1v) is 4.68. The van der Waals surface area contributed by atoms with Gasteiger partial charge in [-0.25, -0.2) is 0 Å². The van der Waals surface area contributed by atoms with Gasteiger partial charge in [-0.15, -0.1) is 11.6 Å². The normalized spacial score (nSPS) is 21.2. The number of piperazine rings is 1. The number of hydrogen-bond donors (Lipinski definition) is 1. The largest absolute Gasteiger partial charge is 0.352 e. The maximum atomic E-state index is 11.4. The number of hydrogen-bond acceptors (Lipinski definition) is 2. The van der Waals surface area contributed by atoms with Gasteiger partial charge in [0.2, 0.25) is 11.8 Å². The lowest BCUT2D eigenvalue weighted by atomic mass is 9.99. The highest BCUT2D eigenvalue weighted by molar-refractivity contribution is 6.27.